The summed E-state index contributed by atoms with van der Waals surface area (Å²) in [6.45, 7) is 0. The molecule has 0 unspecified atom stereocenters. The molecule has 2 aromatic rings. The highest BCUT2D eigenvalue weighted by molar-refractivity contribution is 7.86. The van der Waals surface area contributed by atoms with Crippen molar-refractivity contribution in [1.29, 1.82) is 0 Å². The Bertz CT molecular complexity index is 785. The molecule has 0 saturated heterocycles. The van der Waals surface area contributed by atoms with Crippen molar-refractivity contribution in [1.82, 2.24) is 0 Å². The van der Waals surface area contributed by atoms with Gasteiger partial charge in [-0.25, -0.2) is 0 Å². The van der Waals surface area contributed by atoms with Gasteiger partial charge in [0.05, 0.1) is 7.11 Å². The van der Waals surface area contributed by atoms with Crippen molar-refractivity contribution in [3.8, 4) is 16.9 Å². The summed E-state index contributed by atoms with van der Waals surface area (Å²) in [4.78, 5) is -0.158. The predicted molar refractivity (Wildman–Crippen MR) is 78.7 cm³/mol. The number of hydrogen-bond donors (Lipinski definition) is 1. The van der Waals surface area contributed by atoms with Crippen LogP contribution in [0, 0.1) is 0 Å². The highest BCUT2D eigenvalue weighted by atomic mass is 32.2. The molecule has 0 radical (unpaired) electrons. The topological polar surface area (TPSA) is 88.3 Å². The molecule has 0 saturated carbocycles. The van der Waals surface area contributed by atoms with Crippen LogP contribution < -0.4 is 4.74 Å². The molecule has 0 fully saturated rings. The largest absolute Gasteiger partial charge is 0.494 e. The Hall–Kier alpha value is -2.25. The molecule has 0 bridgehead atoms. The summed E-state index contributed by atoms with van der Waals surface area (Å²) in [5.74, 6) is 0.522. The maximum absolute atomic E-state index is 11.4. The molecule has 0 amide bonds. The zero-order valence-electron chi connectivity index (χ0n) is 11.5. The second kappa shape index (κ2) is 6.02. The molecule has 2 rings (SSSR count). The molecule has 110 valence electrons. The molecule has 0 aliphatic carbocycles. The van der Waals surface area contributed by atoms with Gasteiger partial charge in [-0.05, 0) is 23.8 Å². The second-order valence-corrected chi connectivity index (χ2v) is 5.55. The summed E-state index contributed by atoms with van der Waals surface area (Å²) in [6, 6.07) is 11.2. The van der Waals surface area contributed by atoms with E-state index < -0.39 is 10.1 Å². The normalized spacial score (nSPS) is 11.8. The van der Waals surface area contributed by atoms with E-state index in [0.717, 1.165) is 0 Å². The molecule has 0 aliphatic rings. The number of benzene rings is 2. The van der Waals surface area contributed by atoms with Crippen LogP contribution in [-0.4, -0.2) is 27.1 Å². The number of hydrogen-bond acceptors (Lipinski definition) is 5. The summed E-state index contributed by atoms with van der Waals surface area (Å²) in [7, 11) is -1.27. The van der Waals surface area contributed by atoms with Gasteiger partial charge in [0.2, 0.25) is 0 Å². The lowest BCUT2D eigenvalue weighted by molar-refractivity contribution is 0.416. The van der Waals surface area contributed by atoms with Crippen LogP contribution in [-0.2, 0) is 10.1 Å². The number of methoxy groups -OCH3 is 1. The van der Waals surface area contributed by atoms with E-state index in [4.69, 9.17) is 4.74 Å². The van der Waals surface area contributed by atoms with Crippen LogP contribution in [0.5, 0.6) is 5.75 Å². The van der Waals surface area contributed by atoms with Gasteiger partial charge < -0.3 is 4.74 Å². The Morgan fingerprint density at radius 1 is 1.14 bits per heavy atom. The highest BCUT2D eigenvalue weighted by Crippen LogP contribution is 2.35. The van der Waals surface area contributed by atoms with Crippen molar-refractivity contribution < 1.29 is 17.7 Å². The van der Waals surface area contributed by atoms with E-state index in [1.807, 2.05) is 0 Å². The Balaban J connectivity index is 2.66. The first-order valence-corrected chi connectivity index (χ1v) is 7.46. The van der Waals surface area contributed by atoms with Crippen LogP contribution in [0.2, 0.25) is 0 Å². The lowest BCUT2D eigenvalue weighted by Gasteiger charge is -2.09. The maximum atomic E-state index is 11.4. The van der Waals surface area contributed by atoms with Crippen molar-refractivity contribution in [2.24, 2.45) is 10.2 Å². The van der Waals surface area contributed by atoms with Crippen LogP contribution in [0.4, 0.5) is 5.69 Å². The van der Waals surface area contributed by atoms with Crippen molar-refractivity contribution in [3.63, 3.8) is 0 Å². The first-order chi connectivity index (χ1) is 9.97. The quantitative estimate of drug-likeness (QED) is 0.693. The predicted octanol–water partition coefficient (Wildman–Crippen LogP) is 3.32. The molecular weight excluding hydrogens is 292 g/mol. The third-order valence-electron chi connectivity index (χ3n) is 2.86. The lowest BCUT2D eigenvalue weighted by Crippen LogP contribution is -2.00. The van der Waals surface area contributed by atoms with E-state index in [1.54, 1.807) is 36.4 Å². The summed E-state index contributed by atoms with van der Waals surface area (Å²) in [5.41, 5.74) is 1.45. The van der Waals surface area contributed by atoms with Gasteiger partial charge in [0.15, 0.2) is 0 Å². The van der Waals surface area contributed by atoms with Crippen LogP contribution >= 0.6 is 0 Å². The Morgan fingerprint density at radius 2 is 1.86 bits per heavy atom. The summed E-state index contributed by atoms with van der Waals surface area (Å²) >= 11 is 0. The zero-order valence-corrected chi connectivity index (χ0v) is 12.3. The minimum atomic E-state index is -4.31. The second-order valence-electron chi connectivity index (χ2n) is 4.16. The van der Waals surface area contributed by atoms with Crippen molar-refractivity contribution in [2.75, 3.05) is 14.2 Å². The first-order valence-electron chi connectivity index (χ1n) is 6.02. The molecule has 0 atom stereocenters. The highest BCUT2D eigenvalue weighted by Gasteiger charge is 2.16. The summed E-state index contributed by atoms with van der Waals surface area (Å²) in [5, 5.41) is 7.64. The fourth-order valence-corrected chi connectivity index (χ4v) is 2.69. The molecule has 7 heteroatoms. The minimum Gasteiger partial charge on any atom is -0.494 e. The molecule has 2 aromatic carbocycles. The fourth-order valence-electron chi connectivity index (χ4n) is 1.97. The van der Waals surface area contributed by atoms with Gasteiger partial charge in [-0.3, -0.25) is 4.55 Å². The van der Waals surface area contributed by atoms with Crippen LogP contribution in [0.1, 0.15) is 0 Å². The molecule has 0 heterocycles. The number of azo groups is 1. The molecule has 1 N–H and O–H groups in total. The van der Waals surface area contributed by atoms with Gasteiger partial charge in [0, 0.05) is 12.6 Å². The molecule has 0 spiro atoms. The van der Waals surface area contributed by atoms with Crippen molar-refractivity contribution in [2.45, 2.75) is 4.90 Å². The van der Waals surface area contributed by atoms with Crippen molar-refractivity contribution in [3.05, 3.63) is 42.5 Å². The van der Waals surface area contributed by atoms with Crippen LogP contribution in [0.15, 0.2) is 57.6 Å². The average Bonchev–Trinajstić information content (AvgIpc) is 2.46. The van der Waals surface area contributed by atoms with Gasteiger partial charge in [-0.15, -0.1) is 0 Å². The van der Waals surface area contributed by atoms with Gasteiger partial charge in [-0.1, -0.05) is 24.3 Å². The minimum absolute atomic E-state index is 0.158. The van der Waals surface area contributed by atoms with Gasteiger partial charge in [-0.2, -0.15) is 18.6 Å². The van der Waals surface area contributed by atoms with E-state index in [2.05, 4.69) is 10.2 Å². The van der Waals surface area contributed by atoms with Crippen molar-refractivity contribution >= 4 is 15.8 Å². The van der Waals surface area contributed by atoms with Gasteiger partial charge in [0.25, 0.3) is 10.1 Å². The van der Waals surface area contributed by atoms with E-state index in [9.17, 15) is 13.0 Å². The van der Waals surface area contributed by atoms with Gasteiger partial charge >= 0.3 is 0 Å². The molecule has 0 aromatic heterocycles. The summed E-state index contributed by atoms with van der Waals surface area (Å²) < 4.78 is 37.4. The summed E-state index contributed by atoms with van der Waals surface area (Å²) in [6.07, 6.45) is 0. The third kappa shape index (κ3) is 3.26. The maximum Gasteiger partial charge on any atom is 0.295 e. The SMILES string of the molecule is CN=Nc1cc(-c2ccccc2S(=O)(=O)O)ccc1OC. The fraction of sp³-hybridized carbons (Fsp3) is 0.143. The van der Waals surface area contributed by atoms with Crippen LogP contribution in [0.25, 0.3) is 11.1 Å². The Morgan fingerprint density at radius 3 is 2.48 bits per heavy atom. The number of rotatable bonds is 4. The molecule has 0 aliphatic heterocycles. The zero-order chi connectivity index (χ0) is 15.5. The first kappa shape index (κ1) is 15.1. The lowest BCUT2D eigenvalue weighted by atomic mass is 10.0. The van der Waals surface area contributed by atoms with Crippen LogP contribution in [0.3, 0.4) is 0 Å². The van der Waals surface area contributed by atoms with E-state index in [1.165, 1.54) is 20.2 Å². The van der Waals surface area contributed by atoms with E-state index >= 15 is 0 Å². The van der Waals surface area contributed by atoms with Gasteiger partial charge in [0.1, 0.15) is 16.3 Å². The molecular formula is C14H14N2O4S. The standard InChI is InChI=1S/C14H14N2O4S/c1-15-16-12-9-10(7-8-13(12)20-2)11-5-3-4-6-14(11)21(17,18)19/h3-9H,1-2H3,(H,17,18,19). The average molecular weight is 306 g/mol. The van der Waals surface area contributed by atoms with E-state index in [0.29, 0.717) is 22.6 Å². The molecule has 21 heavy (non-hydrogen) atoms. The number of ether oxygens (including phenoxy) is 1. The third-order valence-corrected chi connectivity index (χ3v) is 3.77. The smallest absolute Gasteiger partial charge is 0.295 e. The molecule has 6 nitrogen and oxygen atoms in total. The monoisotopic (exact) mass is 306 g/mol. The van der Waals surface area contributed by atoms with E-state index in [-0.39, 0.29) is 4.90 Å². The Labute approximate surface area is 122 Å². The number of nitrogens with zero attached hydrogens (tertiary/aromatic N) is 2. The Kier molecular flexibility index (Phi) is 4.35.